The number of imidazole rings is 1. The second kappa shape index (κ2) is 7.16. The Bertz CT molecular complexity index is 1080. The van der Waals surface area contributed by atoms with Crippen LogP contribution >= 0.6 is 0 Å². The van der Waals surface area contributed by atoms with Gasteiger partial charge in [-0.25, -0.2) is 4.98 Å². The van der Waals surface area contributed by atoms with Gasteiger partial charge in [0.1, 0.15) is 22.9 Å². The van der Waals surface area contributed by atoms with Gasteiger partial charge in [0.05, 0.1) is 7.11 Å². The number of pyridine rings is 1. The summed E-state index contributed by atoms with van der Waals surface area (Å²) in [5.74, 6) is 1.80. The number of anilines is 1. The lowest BCUT2D eigenvalue weighted by molar-refractivity contribution is 0.416. The molecule has 0 spiro atoms. The van der Waals surface area contributed by atoms with Crippen molar-refractivity contribution < 1.29 is 4.74 Å². The Hall–Kier alpha value is -3.27. The van der Waals surface area contributed by atoms with Gasteiger partial charge in [0.2, 0.25) is 0 Å². The van der Waals surface area contributed by atoms with Crippen LogP contribution in [-0.2, 0) is 6.54 Å². The summed E-state index contributed by atoms with van der Waals surface area (Å²) in [6.07, 6.45) is 0. The van der Waals surface area contributed by atoms with Crippen LogP contribution < -0.4 is 10.1 Å². The van der Waals surface area contributed by atoms with Gasteiger partial charge in [0, 0.05) is 17.8 Å². The first-order valence-corrected chi connectivity index (χ1v) is 9.08. The minimum absolute atomic E-state index is 0.726. The van der Waals surface area contributed by atoms with Crippen LogP contribution in [0, 0.1) is 13.8 Å². The molecule has 4 nitrogen and oxygen atoms in total. The molecule has 136 valence electrons. The van der Waals surface area contributed by atoms with Crippen molar-refractivity contribution in [1.29, 1.82) is 0 Å². The molecule has 0 saturated heterocycles. The Morgan fingerprint density at radius 3 is 2.48 bits per heavy atom. The zero-order valence-corrected chi connectivity index (χ0v) is 15.9. The van der Waals surface area contributed by atoms with E-state index in [0.717, 1.165) is 40.7 Å². The Balaban J connectivity index is 1.88. The number of aryl methyl sites for hydroxylation is 2. The van der Waals surface area contributed by atoms with Crippen molar-refractivity contribution in [3.63, 3.8) is 0 Å². The van der Waals surface area contributed by atoms with E-state index in [-0.39, 0.29) is 0 Å². The van der Waals surface area contributed by atoms with E-state index in [1.54, 1.807) is 7.11 Å². The highest BCUT2D eigenvalue weighted by Gasteiger charge is 2.18. The van der Waals surface area contributed by atoms with Crippen molar-refractivity contribution in [3.8, 4) is 17.0 Å². The molecular formula is C23H23N3O. The van der Waals surface area contributed by atoms with Gasteiger partial charge in [0.15, 0.2) is 0 Å². The van der Waals surface area contributed by atoms with Gasteiger partial charge in [-0.3, -0.25) is 4.40 Å². The Labute approximate surface area is 159 Å². The molecule has 0 aliphatic carbocycles. The van der Waals surface area contributed by atoms with Gasteiger partial charge in [-0.05, 0) is 49.2 Å². The van der Waals surface area contributed by atoms with E-state index < -0.39 is 0 Å². The van der Waals surface area contributed by atoms with Crippen LogP contribution in [0.15, 0.2) is 66.7 Å². The second-order valence-electron chi connectivity index (χ2n) is 6.72. The first kappa shape index (κ1) is 17.2. The molecule has 0 radical (unpaired) electrons. The monoisotopic (exact) mass is 357 g/mol. The molecule has 4 aromatic rings. The summed E-state index contributed by atoms with van der Waals surface area (Å²) >= 11 is 0. The number of nitrogens with zero attached hydrogens (tertiary/aromatic N) is 2. The standard InChI is InChI=1S/C23H23N3O/c1-16-13-17(2)26-21(14-16)25-22(19-11-7-8-12-20(19)27-3)23(26)24-15-18-9-5-4-6-10-18/h4-14,24H,15H2,1-3H3. The van der Waals surface area contributed by atoms with Crippen LogP contribution in [0.25, 0.3) is 16.9 Å². The number of benzene rings is 2. The lowest BCUT2D eigenvalue weighted by atomic mass is 10.1. The van der Waals surface area contributed by atoms with E-state index in [2.05, 4.69) is 66.0 Å². The zero-order chi connectivity index (χ0) is 18.8. The quantitative estimate of drug-likeness (QED) is 0.531. The van der Waals surface area contributed by atoms with E-state index in [1.807, 2.05) is 24.3 Å². The third kappa shape index (κ3) is 3.26. The molecule has 2 aromatic heterocycles. The first-order valence-electron chi connectivity index (χ1n) is 9.08. The fourth-order valence-electron chi connectivity index (χ4n) is 3.50. The molecule has 1 N–H and O–H groups in total. The third-order valence-corrected chi connectivity index (χ3v) is 4.71. The van der Waals surface area contributed by atoms with Crippen molar-refractivity contribution in [2.24, 2.45) is 0 Å². The predicted octanol–water partition coefficient (Wildman–Crippen LogP) is 5.24. The number of methoxy groups -OCH3 is 1. The molecule has 4 rings (SSSR count). The number of fused-ring (bicyclic) bond motifs is 1. The summed E-state index contributed by atoms with van der Waals surface area (Å²) in [5.41, 5.74) is 6.39. The molecule has 0 aliphatic rings. The lowest BCUT2D eigenvalue weighted by Crippen LogP contribution is -2.05. The molecule has 2 aromatic carbocycles. The van der Waals surface area contributed by atoms with Gasteiger partial charge in [-0.2, -0.15) is 0 Å². The fourth-order valence-corrected chi connectivity index (χ4v) is 3.50. The van der Waals surface area contributed by atoms with Gasteiger partial charge >= 0.3 is 0 Å². The van der Waals surface area contributed by atoms with Crippen molar-refractivity contribution in [2.75, 3.05) is 12.4 Å². The summed E-state index contributed by atoms with van der Waals surface area (Å²) in [7, 11) is 1.70. The molecule has 0 amide bonds. The fraction of sp³-hybridized carbons (Fsp3) is 0.174. The minimum Gasteiger partial charge on any atom is -0.496 e. The van der Waals surface area contributed by atoms with Gasteiger partial charge in [-0.15, -0.1) is 0 Å². The molecule has 0 saturated carbocycles. The average molecular weight is 357 g/mol. The van der Waals surface area contributed by atoms with Gasteiger partial charge in [0.25, 0.3) is 0 Å². The van der Waals surface area contributed by atoms with Crippen LogP contribution in [0.5, 0.6) is 5.75 Å². The van der Waals surface area contributed by atoms with E-state index in [9.17, 15) is 0 Å². The average Bonchev–Trinajstić information content (AvgIpc) is 3.05. The van der Waals surface area contributed by atoms with Crippen molar-refractivity contribution in [3.05, 3.63) is 83.6 Å². The third-order valence-electron chi connectivity index (χ3n) is 4.71. The molecule has 0 bridgehead atoms. The Morgan fingerprint density at radius 2 is 1.70 bits per heavy atom. The Kier molecular flexibility index (Phi) is 4.55. The lowest BCUT2D eigenvalue weighted by Gasteiger charge is -2.12. The summed E-state index contributed by atoms with van der Waals surface area (Å²) in [6, 6.07) is 22.7. The summed E-state index contributed by atoms with van der Waals surface area (Å²) in [6.45, 7) is 4.94. The van der Waals surface area contributed by atoms with Crippen molar-refractivity contribution >= 4 is 11.5 Å². The topological polar surface area (TPSA) is 38.6 Å². The number of hydrogen-bond acceptors (Lipinski definition) is 3. The molecule has 0 unspecified atom stereocenters. The molecule has 0 aliphatic heterocycles. The van der Waals surface area contributed by atoms with E-state index >= 15 is 0 Å². The van der Waals surface area contributed by atoms with Crippen LogP contribution in [0.4, 0.5) is 5.82 Å². The molecule has 4 heteroatoms. The Morgan fingerprint density at radius 1 is 0.963 bits per heavy atom. The van der Waals surface area contributed by atoms with Gasteiger partial charge in [-0.1, -0.05) is 42.5 Å². The van der Waals surface area contributed by atoms with E-state index in [0.29, 0.717) is 0 Å². The summed E-state index contributed by atoms with van der Waals surface area (Å²) in [4.78, 5) is 4.95. The number of nitrogens with one attached hydrogen (secondary N) is 1. The molecule has 2 heterocycles. The number of para-hydroxylation sites is 1. The molecule has 0 atom stereocenters. The van der Waals surface area contributed by atoms with E-state index in [1.165, 1.54) is 11.1 Å². The normalized spacial score (nSPS) is 10.9. The maximum atomic E-state index is 5.59. The highest BCUT2D eigenvalue weighted by molar-refractivity contribution is 5.80. The highest BCUT2D eigenvalue weighted by atomic mass is 16.5. The van der Waals surface area contributed by atoms with Crippen LogP contribution in [0.2, 0.25) is 0 Å². The highest BCUT2D eigenvalue weighted by Crippen LogP contribution is 2.36. The van der Waals surface area contributed by atoms with Crippen LogP contribution in [0.1, 0.15) is 16.8 Å². The number of hydrogen-bond donors (Lipinski definition) is 1. The summed E-state index contributed by atoms with van der Waals surface area (Å²) in [5, 5.41) is 3.61. The van der Waals surface area contributed by atoms with Crippen LogP contribution in [0.3, 0.4) is 0 Å². The zero-order valence-electron chi connectivity index (χ0n) is 15.9. The second-order valence-corrected chi connectivity index (χ2v) is 6.72. The van der Waals surface area contributed by atoms with Gasteiger partial charge < -0.3 is 10.1 Å². The summed E-state index contributed by atoms with van der Waals surface area (Å²) < 4.78 is 7.77. The molecule has 27 heavy (non-hydrogen) atoms. The largest absolute Gasteiger partial charge is 0.496 e. The first-order chi connectivity index (χ1) is 13.2. The molecular weight excluding hydrogens is 334 g/mol. The van der Waals surface area contributed by atoms with Crippen molar-refractivity contribution in [1.82, 2.24) is 9.38 Å². The smallest absolute Gasteiger partial charge is 0.139 e. The maximum absolute atomic E-state index is 5.59. The number of aromatic nitrogens is 2. The minimum atomic E-state index is 0.726. The predicted molar refractivity (Wildman–Crippen MR) is 110 cm³/mol. The number of ether oxygens (including phenoxy) is 1. The number of rotatable bonds is 5. The van der Waals surface area contributed by atoms with E-state index in [4.69, 9.17) is 9.72 Å². The van der Waals surface area contributed by atoms with Crippen molar-refractivity contribution in [2.45, 2.75) is 20.4 Å². The maximum Gasteiger partial charge on any atom is 0.139 e. The van der Waals surface area contributed by atoms with Crippen LogP contribution in [-0.4, -0.2) is 16.5 Å². The SMILES string of the molecule is COc1ccccc1-c1nc2cc(C)cc(C)n2c1NCc1ccccc1. The molecule has 0 fully saturated rings.